The van der Waals surface area contributed by atoms with Gasteiger partial charge in [-0.05, 0) is 42.3 Å². The van der Waals surface area contributed by atoms with Crippen molar-refractivity contribution in [3.05, 3.63) is 58.1 Å². The van der Waals surface area contributed by atoms with E-state index in [0.717, 1.165) is 22.9 Å². The average molecular weight is 441 g/mol. The number of halogens is 1. The van der Waals surface area contributed by atoms with Crippen LogP contribution in [0.3, 0.4) is 0 Å². The number of carbonyl (C=O) groups is 1. The molecule has 0 heterocycles. The van der Waals surface area contributed by atoms with Crippen molar-refractivity contribution < 1.29 is 17.9 Å². The van der Waals surface area contributed by atoms with E-state index in [0.29, 0.717) is 17.9 Å². The number of nitrogens with one attached hydrogen (secondary N) is 1. The lowest BCUT2D eigenvalue weighted by molar-refractivity contribution is 0.0946. The number of benzene rings is 2. The molecule has 140 valence electrons. The number of sulfonamides is 1. The van der Waals surface area contributed by atoms with Gasteiger partial charge in [0, 0.05) is 11.0 Å². The Bertz CT molecular complexity index is 867. The zero-order valence-corrected chi connectivity index (χ0v) is 16.8. The van der Waals surface area contributed by atoms with Crippen molar-refractivity contribution in [1.29, 1.82) is 0 Å². The van der Waals surface area contributed by atoms with E-state index in [1.807, 2.05) is 6.07 Å². The van der Waals surface area contributed by atoms with Gasteiger partial charge in [-0.3, -0.25) is 4.79 Å². The molecule has 0 aliphatic rings. The quantitative estimate of drug-likeness (QED) is 0.615. The van der Waals surface area contributed by atoms with Crippen LogP contribution in [0.25, 0.3) is 0 Å². The Labute approximate surface area is 161 Å². The maximum atomic E-state index is 12.5. The Morgan fingerprint density at radius 1 is 1.19 bits per heavy atom. The molecule has 0 saturated heterocycles. The smallest absolute Gasteiger partial charge is 0.255 e. The van der Waals surface area contributed by atoms with Crippen molar-refractivity contribution in [2.75, 3.05) is 6.61 Å². The fourth-order valence-corrected chi connectivity index (χ4v) is 3.08. The van der Waals surface area contributed by atoms with Gasteiger partial charge >= 0.3 is 0 Å². The maximum Gasteiger partial charge on any atom is 0.255 e. The highest BCUT2D eigenvalue weighted by molar-refractivity contribution is 9.10. The second-order valence-electron chi connectivity index (χ2n) is 5.71. The van der Waals surface area contributed by atoms with Crippen molar-refractivity contribution in [2.45, 2.75) is 31.2 Å². The molecule has 0 atom stereocenters. The van der Waals surface area contributed by atoms with Gasteiger partial charge in [0.15, 0.2) is 0 Å². The molecule has 8 heteroatoms. The Kier molecular flexibility index (Phi) is 7.19. The minimum Gasteiger partial charge on any atom is -0.493 e. The van der Waals surface area contributed by atoms with Crippen LogP contribution in [0.2, 0.25) is 0 Å². The fraction of sp³-hybridized carbons (Fsp3) is 0.278. The van der Waals surface area contributed by atoms with Crippen molar-refractivity contribution >= 4 is 31.9 Å². The number of amides is 1. The highest BCUT2D eigenvalue weighted by Crippen LogP contribution is 2.23. The molecule has 0 aromatic heterocycles. The number of carbonyl (C=O) groups excluding carboxylic acids is 1. The summed E-state index contributed by atoms with van der Waals surface area (Å²) in [6, 6.07) is 11.3. The van der Waals surface area contributed by atoms with Crippen LogP contribution in [0.1, 0.15) is 35.7 Å². The van der Waals surface area contributed by atoms with Crippen LogP contribution in [-0.4, -0.2) is 20.9 Å². The molecular formula is C18H21BrN2O4S. The molecule has 0 fully saturated rings. The predicted molar refractivity (Wildman–Crippen MR) is 104 cm³/mol. The van der Waals surface area contributed by atoms with E-state index in [1.54, 1.807) is 24.3 Å². The van der Waals surface area contributed by atoms with Gasteiger partial charge in [-0.15, -0.1) is 0 Å². The lowest BCUT2D eigenvalue weighted by atomic mass is 10.1. The van der Waals surface area contributed by atoms with Crippen LogP contribution in [-0.2, 0) is 16.6 Å². The molecule has 0 bridgehead atoms. The first-order valence-electron chi connectivity index (χ1n) is 8.13. The van der Waals surface area contributed by atoms with Crippen molar-refractivity contribution in [3.63, 3.8) is 0 Å². The van der Waals surface area contributed by atoms with Gasteiger partial charge in [-0.2, -0.15) is 0 Å². The number of nitrogens with two attached hydrogens (primary N) is 1. The molecule has 0 aliphatic carbocycles. The summed E-state index contributed by atoms with van der Waals surface area (Å²) in [6.07, 6.45) is 1.92. The van der Waals surface area contributed by atoms with Gasteiger partial charge in [-0.1, -0.05) is 41.4 Å². The molecule has 0 saturated carbocycles. The summed E-state index contributed by atoms with van der Waals surface area (Å²) in [4.78, 5) is 12.6. The lowest BCUT2D eigenvalue weighted by Crippen LogP contribution is -2.23. The molecule has 3 N–H and O–H groups in total. The molecular weight excluding hydrogens is 420 g/mol. The zero-order valence-electron chi connectivity index (χ0n) is 14.4. The van der Waals surface area contributed by atoms with Crippen molar-refractivity contribution in [3.8, 4) is 5.75 Å². The third-order valence-corrected chi connectivity index (χ3v) is 5.07. The Hall–Kier alpha value is -1.90. The van der Waals surface area contributed by atoms with Crippen molar-refractivity contribution in [2.24, 2.45) is 5.14 Å². The topological polar surface area (TPSA) is 98.5 Å². The van der Waals surface area contributed by atoms with E-state index in [1.165, 1.54) is 12.1 Å². The van der Waals surface area contributed by atoms with E-state index in [9.17, 15) is 13.2 Å². The molecule has 2 aromatic carbocycles. The molecule has 0 radical (unpaired) electrons. The van der Waals surface area contributed by atoms with E-state index < -0.39 is 10.0 Å². The number of primary sulfonamides is 1. The summed E-state index contributed by atoms with van der Waals surface area (Å²) < 4.78 is 29.0. The lowest BCUT2D eigenvalue weighted by Gasteiger charge is -2.12. The third kappa shape index (κ3) is 5.82. The first-order valence-corrected chi connectivity index (χ1v) is 10.5. The SMILES string of the molecule is CCCCOc1ccc(Br)cc1C(=O)NCc1ccc(S(N)(=O)=O)cc1. The van der Waals surface area contributed by atoms with Crippen LogP contribution in [0, 0.1) is 0 Å². The highest BCUT2D eigenvalue weighted by atomic mass is 79.9. The molecule has 2 aromatic rings. The van der Waals surface area contributed by atoms with Crippen LogP contribution in [0.15, 0.2) is 51.8 Å². The molecule has 26 heavy (non-hydrogen) atoms. The van der Waals surface area contributed by atoms with E-state index in [4.69, 9.17) is 9.88 Å². The van der Waals surface area contributed by atoms with Crippen LogP contribution in [0.5, 0.6) is 5.75 Å². The molecule has 0 unspecified atom stereocenters. The van der Waals surface area contributed by atoms with Gasteiger partial charge in [0.05, 0.1) is 17.1 Å². The number of unbranched alkanes of at least 4 members (excludes halogenated alkanes) is 1. The first kappa shape index (κ1) is 20.4. The van der Waals surface area contributed by atoms with Gasteiger partial charge in [0.1, 0.15) is 5.75 Å². The molecule has 1 amide bonds. The van der Waals surface area contributed by atoms with Gasteiger partial charge in [0.25, 0.3) is 5.91 Å². The number of hydrogen-bond acceptors (Lipinski definition) is 4. The number of rotatable bonds is 8. The summed E-state index contributed by atoms with van der Waals surface area (Å²) in [5.74, 6) is 0.261. The average Bonchev–Trinajstić information content (AvgIpc) is 2.60. The van der Waals surface area contributed by atoms with Crippen LogP contribution < -0.4 is 15.2 Å². The summed E-state index contributed by atoms with van der Waals surface area (Å²) in [7, 11) is -3.72. The van der Waals surface area contributed by atoms with Crippen molar-refractivity contribution in [1.82, 2.24) is 5.32 Å². The Morgan fingerprint density at radius 3 is 2.50 bits per heavy atom. The minimum atomic E-state index is -3.72. The van der Waals surface area contributed by atoms with Crippen LogP contribution >= 0.6 is 15.9 Å². The molecule has 0 spiro atoms. The normalized spacial score (nSPS) is 11.2. The molecule has 0 aliphatic heterocycles. The van der Waals surface area contributed by atoms with Gasteiger partial charge in [-0.25, -0.2) is 13.6 Å². The fourth-order valence-electron chi connectivity index (χ4n) is 2.21. The third-order valence-electron chi connectivity index (χ3n) is 3.65. The summed E-state index contributed by atoms with van der Waals surface area (Å²) >= 11 is 3.36. The number of ether oxygens (including phenoxy) is 1. The Morgan fingerprint density at radius 2 is 1.88 bits per heavy atom. The predicted octanol–water partition coefficient (Wildman–Crippen LogP) is 3.21. The highest BCUT2D eigenvalue weighted by Gasteiger charge is 2.14. The minimum absolute atomic E-state index is 0.0335. The zero-order chi connectivity index (χ0) is 19.2. The van der Waals surface area contributed by atoms with Gasteiger partial charge in [0.2, 0.25) is 10.0 Å². The monoisotopic (exact) mass is 440 g/mol. The van der Waals surface area contributed by atoms with E-state index in [-0.39, 0.29) is 17.3 Å². The van der Waals surface area contributed by atoms with E-state index >= 15 is 0 Å². The first-order chi connectivity index (χ1) is 12.3. The second kappa shape index (κ2) is 9.16. The van der Waals surface area contributed by atoms with E-state index in [2.05, 4.69) is 28.2 Å². The van der Waals surface area contributed by atoms with Crippen LogP contribution in [0.4, 0.5) is 0 Å². The molecule has 6 nitrogen and oxygen atoms in total. The standard InChI is InChI=1S/C18H21BrN2O4S/c1-2-3-10-25-17-9-6-14(19)11-16(17)18(22)21-12-13-4-7-15(8-5-13)26(20,23)24/h4-9,11H,2-3,10,12H2,1H3,(H,21,22)(H2,20,23,24). The number of hydrogen-bond donors (Lipinski definition) is 2. The Balaban J connectivity index is 2.06. The largest absolute Gasteiger partial charge is 0.493 e. The van der Waals surface area contributed by atoms with Gasteiger partial charge < -0.3 is 10.1 Å². The summed E-state index contributed by atoms with van der Waals surface area (Å²) in [5, 5.41) is 7.88. The maximum absolute atomic E-state index is 12.5. The summed E-state index contributed by atoms with van der Waals surface area (Å²) in [6.45, 7) is 2.87. The molecule has 2 rings (SSSR count). The summed E-state index contributed by atoms with van der Waals surface area (Å²) in [5.41, 5.74) is 1.20. The second-order valence-corrected chi connectivity index (χ2v) is 8.19.